The molecule has 3 rings (SSSR count). The summed E-state index contributed by atoms with van der Waals surface area (Å²) in [6.45, 7) is 4.17. The lowest BCUT2D eigenvalue weighted by atomic mass is 10.1. The zero-order valence-corrected chi connectivity index (χ0v) is 16.5. The minimum absolute atomic E-state index is 0.266. The Morgan fingerprint density at radius 3 is 2.68 bits per heavy atom. The predicted molar refractivity (Wildman–Crippen MR) is 108 cm³/mol. The summed E-state index contributed by atoms with van der Waals surface area (Å²) in [6, 6.07) is 12.0. The number of carbonyl (C=O) groups is 2. The Hall–Kier alpha value is -2.99. The van der Waals surface area contributed by atoms with Crippen LogP contribution in [0.3, 0.4) is 0 Å². The van der Waals surface area contributed by atoms with E-state index in [4.69, 9.17) is 4.74 Å². The molecule has 3 aromatic rings. The number of halogens is 1. The topological polar surface area (TPSA) is 48.3 Å². The fraction of sp³-hybridized carbons (Fsp3) is 0.182. The molecule has 0 unspecified atom stereocenters. The molecule has 2 aromatic heterocycles. The van der Waals surface area contributed by atoms with Crippen LogP contribution in [0, 0.1) is 19.7 Å². The molecule has 144 valence electrons. The molecule has 0 radical (unpaired) electrons. The number of nitrogens with zero attached hydrogens (tertiary/aromatic N) is 1. The van der Waals surface area contributed by atoms with Crippen molar-refractivity contribution in [2.45, 2.75) is 20.4 Å². The van der Waals surface area contributed by atoms with E-state index in [1.165, 1.54) is 17.0 Å². The number of aromatic nitrogens is 1. The number of ketones is 1. The van der Waals surface area contributed by atoms with Gasteiger partial charge >= 0.3 is 5.97 Å². The van der Waals surface area contributed by atoms with Crippen LogP contribution in [0.4, 0.5) is 4.39 Å². The van der Waals surface area contributed by atoms with Gasteiger partial charge in [-0.15, -0.1) is 11.3 Å². The largest absolute Gasteiger partial charge is 0.454 e. The van der Waals surface area contributed by atoms with Crippen molar-refractivity contribution in [3.8, 4) is 0 Å². The van der Waals surface area contributed by atoms with Gasteiger partial charge in [0.1, 0.15) is 5.82 Å². The molecule has 0 fully saturated rings. The van der Waals surface area contributed by atoms with Crippen molar-refractivity contribution in [1.82, 2.24) is 4.57 Å². The molecular formula is C22H20FNO3S. The van der Waals surface area contributed by atoms with E-state index in [1.54, 1.807) is 29.5 Å². The molecule has 6 heteroatoms. The zero-order chi connectivity index (χ0) is 20.1. The molecule has 0 spiro atoms. The Labute approximate surface area is 166 Å². The predicted octanol–water partition coefficient (Wildman–Crippen LogP) is 4.79. The van der Waals surface area contributed by atoms with E-state index in [9.17, 15) is 14.0 Å². The molecule has 0 amide bonds. The first-order valence-corrected chi connectivity index (χ1v) is 9.65. The van der Waals surface area contributed by atoms with Gasteiger partial charge in [-0.3, -0.25) is 4.79 Å². The van der Waals surface area contributed by atoms with Gasteiger partial charge in [-0.05, 0) is 43.5 Å². The monoisotopic (exact) mass is 397 g/mol. The summed E-state index contributed by atoms with van der Waals surface area (Å²) in [5, 5.41) is 2.02. The molecule has 4 nitrogen and oxygen atoms in total. The van der Waals surface area contributed by atoms with E-state index >= 15 is 0 Å². The third-order valence-corrected chi connectivity index (χ3v) is 5.28. The van der Waals surface area contributed by atoms with E-state index < -0.39 is 11.8 Å². The van der Waals surface area contributed by atoms with Gasteiger partial charge in [0.2, 0.25) is 5.78 Å². The van der Waals surface area contributed by atoms with Crippen LogP contribution in [0.25, 0.3) is 6.08 Å². The Balaban J connectivity index is 1.62. The first-order chi connectivity index (χ1) is 13.5. The highest BCUT2D eigenvalue weighted by molar-refractivity contribution is 7.09. The van der Waals surface area contributed by atoms with Crippen LogP contribution in [-0.2, 0) is 16.1 Å². The van der Waals surface area contributed by atoms with Crippen molar-refractivity contribution in [3.63, 3.8) is 0 Å². The molecule has 28 heavy (non-hydrogen) atoms. The van der Waals surface area contributed by atoms with Gasteiger partial charge in [0.05, 0.1) is 6.54 Å². The van der Waals surface area contributed by atoms with Crippen molar-refractivity contribution in [1.29, 1.82) is 0 Å². The molecule has 2 heterocycles. The Morgan fingerprint density at radius 2 is 1.96 bits per heavy atom. The third-order valence-electron chi connectivity index (χ3n) is 4.42. The number of hydrogen-bond acceptors (Lipinski definition) is 4. The van der Waals surface area contributed by atoms with Crippen LogP contribution in [0.2, 0.25) is 0 Å². The first-order valence-electron chi connectivity index (χ1n) is 8.77. The minimum Gasteiger partial charge on any atom is -0.454 e. The lowest BCUT2D eigenvalue weighted by molar-refractivity contribution is -0.136. The normalized spacial score (nSPS) is 11.1. The van der Waals surface area contributed by atoms with E-state index in [0.717, 1.165) is 17.5 Å². The summed E-state index contributed by atoms with van der Waals surface area (Å²) in [5.41, 5.74) is 2.64. The Bertz CT molecular complexity index is 1020. The maximum absolute atomic E-state index is 13.5. The smallest absolute Gasteiger partial charge is 0.331 e. The van der Waals surface area contributed by atoms with Crippen molar-refractivity contribution in [3.05, 3.63) is 87.1 Å². The van der Waals surface area contributed by atoms with Gasteiger partial charge in [-0.25, -0.2) is 9.18 Å². The van der Waals surface area contributed by atoms with E-state index in [-0.39, 0.29) is 18.0 Å². The lowest BCUT2D eigenvalue weighted by Gasteiger charge is -2.08. The second-order valence-corrected chi connectivity index (χ2v) is 7.37. The Kier molecular flexibility index (Phi) is 6.21. The van der Waals surface area contributed by atoms with Crippen LogP contribution < -0.4 is 0 Å². The molecule has 0 bridgehead atoms. The molecule has 0 aliphatic rings. The number of Topliss-reactive ketones (excluding diaryl/α,β-unsaturated/α-hetero) is 1. The molecule has 1 aromatic carbocycles. The van der Waals surface area contributed by atoms with E-state index in [0.29, 0.717) is 12.1 Å². The average Bonchev–Trinajstić information content (AvgIpc) is 3.29. The van der Waals surface area contributed by atoms with E-state index in [2.05, 4.69) is 10.6 Å². The number of thiophene rings is 1. The van der Waals surface area contributed by atoms with Crippen LogP contribution in [0.5, 0.6) is 0 Å². The molecular weight excluding hydrogens is 377 g/mol. The summed E-state index contributed by atoms with van der Waals surface area (Å²) in [7, 11) is 0. The third kappa shape index (κ3) is 4.64. The van der Waals surface area contributed by atoms with Crippen LogP contribution in [-0.4, -0.2) is 22.9 Å². The number of rotatable bonds is 7. The molecule has 0 saturated carbocycles. The number of esters is 1. The second-order valence-electron chi connectivity index (χ2n) is 6.34. The fourth-order valence-corrected chi connectivity index (χ4v) is 3.61. The van der Waals surface area contributed by atoms with Gasteiger partial charge in [0.25, 0.3) is 0 Å². The maximum atomic E-state index is 13.5. The molecule has 0 aliphatic heterocycles. The highest BCUT2D eigenvalue weighted by atomic mass is 32.1. The SMILES string of the molecule is Cc1cc(C(=O)COC(=O)/C=C/c2ccccc2F)c(C)n1Cc1cccs1. The fourth-order valence-electron chi connectivity index (χ4n) is 2.92. The highest BCUT2D eigenvalue weighted by Gasteiger charge is 2.17. The lowest BCUT2D eigenvalue weighted by Crippen LogP contribution is -2.13. The number of aryl methyl sites for hydroxylation is 1. The zero-order valence-electron chi connectivity index (χ0n) is 15.6. The Morgan fingerprint density at radius 1 is 1.18 bits per heavy atom. The van der Waals surface area contributed by atoms with Crippen LogP contribution in [0.15, 0.2) is 53.9 Å². The van der Waals surface area contributed by atoms with Crippen molar-refractivity contribution in [2.75, 3.05) is 6.61 Å². The molecule has 0 atom stereocenters. The van der Waals surface area contributed by atoms with Gasteiger partial charge in [0.15, 0.2) is 6.61 Å². The van der Waals surface area contributed by atoms with Crippen LogP contribution in [0.1, 0.15) is 32.2 Å². The molecule has 0 saturated heterocycles. The average molecular weight is 397 g/mol. The number of hydrogen-bond donors (Lipinski definition) is 0. The van der Waals surface area contributed by atoms with Gasteiger partial charge in [-0.2, -0.15) is 0 Å². The standard InChI is InChI=1S/C22H20FNO3S/c1-15-12-19(16(2)24(15)13-18-7-5-11-28-18)21(25)14-27-22(26)10-9-17-6-3-4-8-20(17)23/h3-12H,13-14H2,1-2H3/b10-9+. The number of ether oxygens (including phenoxy) is 1. The second kappa shape index (κ2) is 8.80. The quantitative estimate of drug-likeness (QED) is 0.327. The van der Waals surface area contributed by atoms with Gasteiger partial charge in [0, 0.05) is 33.5 Å². The number of carbonyl (C=O) groups excluding carboxylic acids is 2. The molecule has 0 aliphatic carbocycles. The van der Waals surface area contributed by atoms with Crippen molar-refractivity contribution < 1.29 is 18.7 Å². The highest BCUT2D eigenvalue weighted by Crippen LogP contribution is 2.20. The maximum Gasteiger partial charge on any atom is 0.331 e. The molecule has 0 N–H and O–H groups in total. The summed E-state index contributed by atoms with van der Waals surface area (Å²) >= 11 is 1.66. The summed E-state index contributed by atoms with van der Waals surface area (Å²) < 4.78 is 20.6. The summed E-state index contributed by atoms with van der Waals surface area (Å²) in [5.74, 6) is -1.39. The summed E-state index contributed by atoms with van der Waals surface area (Å²) in [6.07, 6.45) is 2.45. The van der Waals surface area contributed by atoms with Gasteiger partial charge < -0.3 is 9.30 Å². The van der Waals surface area contributed by atoms with Crippen molar-refractivity contribution in [2.24, 2.45) is 0 Å². The number of benzene rings is 1. The van der Waals surface area contributed by atoms with E-state index in [1.807, 2.05) is 31.4 Å². The van der Waals surface area contributed by atoms with Crippen LogP contribution >= 0.6 is 11.3 Å². The minimum atomic E-state index is -0.691. The van der Waals surface area contributed by atoms with Crippen molar-refractivity contribution >= 4 is 29.2 Å². The summed E-state index contributed by atoms with van der Waals surface area (Å²) in [4.78, 5) is 25.5. The first kappa shape index (κ1) is 19.8. The van der Waals surface area contributed by atoms with Gasteiger partial charge in [-0.1, -0.05) is 24.3 Å².